The molecule has 0 aliphatic rings. The van der Waals surface area contributed by atoms with E-state index in [0.29, 0.717) is 6.04 Å². The Labute approximate surface area is 129 Å². The quantitative estimate of drug-likeness (QED) is 0.900. The van der Waals surface area contributed by atoms with Crippen molar-refractivity contribution in [2.24, 2.45) is 0 Å². The summed E-state index contributed by atoms with van der Waals surface area (Å²) in [5, 5.41) is 7.97. The average molecular weight is 336 g/mol. The van der Waals surface area contributed by atoms with Crippen molar-refractivity contribution in [3.05, 3.63) is 51.3 Å². The Morgan fingerprint density at radius 2 is 1.75 bits per heavy atom. The highest BCUT2D eigenvalue weighted by Crippen LogP contribution is 2.20. The van der Waals surface area contributed by atoms with Crippen LogP contribution in [-0.2, 0) is 13.1 Å². The lowest BCUT2D eigenvalue weighted by Gasteiger charge is -2.09. The molecule has 4 heteroatoms. The predicted molar refractivity (Wildman–Crippen MR) is 86.9 cm³/mol. The third kappa shape index (κ3) is 3.70. The summed E-state index contributed by atoms with van der Waals surface area (Å²) >= 11 is 3.57. The normalized spacial score (nSPS) is 11.3. The number of aryl methyl sites for hydroxylation is 1. The predicted octanol–water partition coefficient (Wildman–Crippen LogP) is 3.81. The summed E-state index contributed by atoms with van der Waals surface area (Å²) in [5.74, 6) is 0. The topological polar surface area (TPSA) is 29.9 Å². The minimum absolute atomic E-state index is 0.515. The molecular formula is C16H22BrN3. The van der Waals surface area contributed by atoms with Crippen molar-refractivity contribution in [3.8, 4) is 0 Å². The molecule has 108 valence electrons. The van der Waals surface area contributed by atoms with E-state index in [0.717, 1.165) is 23.3 Å². The van der Waals surface area contributed by atoms with Crippen LogP contribution in [0.15, 0.2) is 28.7 Å². The van der Waals surface area contributed by atoms with Crippen LogP contribution >= 0.6 is 15.9 Å². The van der Waals surface area contributed by atoms with E-state index in [9.17, 15) is 0 Å². The summed E-state index contributed by atoms with van der Waals surface area (Å²) < 4.78 is 3.15. The third-order valence-electron chi connectivity index (χ3n) is 3.36. The van der Waals surface area contributed by atoms with E-state index in [1.165, 1.54) is 16.8 Å². The molecule has 0 saturated carbocycles. The van der Waals surface area contributed by atoms with E-state index >= 15 is 0 Å². The number of nitrogens with one attached hydrogen (secondary N) is 1. The van der Waals surface area contributed by atoms with Crippen molar-refractivity contribution in [2.45, 2.75) is 46.8 Å². The molecule has 0 fully saturated rings. The molecule has 0 aliphatic heterocycles. The maximum Gasteiger partial charge on any atom is 0.0738 e. The standard InChI is InChI=1S/C16H22BrN3/c1-11(2)18-9-14-5-7-15(8-6-14)10-20-13(4)16(17)12(3)19-20/h5-8,11,18H,9-10H2,1-4H3. The van der Waals surface area contributed by atoms with Gasteiger partial charge in [0, 0.05) is 12.6 Å². The zero-order chi connectivity index (χ0) is 14.7. The van der Waals surface area contributed by atoms with Gasteiger partial charge in [-0.2, -0.15) is 5.10 Å². The SMILES string of the molecule is Cc1nn(Cc2ccc(CNC(C)C)cc2)c(C)c1Br. The monoisotopic (exact) mass is 335 g/mol. The molecule has 0 amide bonds. The molecule has 0 spiro atoms. The highest BCUT2D eigenvalue weighted by Gasteiger charge is 2.08. The van der Waals surface area contributed by atoms with Crippen LogP contribution in [0.2, 0.25) is 0 Å². The molecule has 0 atom stereocenters. The van der Waals surface area contributed by atoms with Gasteiger partial charge < -0.3 is 5.32 Å². The maximum absolute atomic E-state index is 4.54. The van der Waals surface area contributed by atoms with Crippen LogP contribution in [-0.4, -0.2) is 15.8 Å². The molecule has 2 aromatic rings. The average Bonchev–Trinajstić information content (AvgIpc) is 2.65. The first-order valence-corrected chi connectivity index (χ1v) is 7.77. The van der Waals surface area contributed by atoms with Gasteiger partial charge in [-0.05, 0) is 40.9 Å². The Balaban J connectivity index is 2.05. The number of hydrogen-bond donors (Lipinski definition) is 1. The van der Waals surface area contributed by atoms with Crippen LogP contribution in [0.3, 0.4) is 0 Å². The van der Waals surface area contributed by atoms with Crippen LogP contribution in [0.1, 0.15) is 36.4 Å². The highest BCUT2D eigenvalue weighted by atomic mass is 79.9. The van der Waals surface area contributed by atoms with Crippen LogP contribution < -0.4 is 5.32 Å². The Bertz CT molecular complexity index is 570. The summed E-state index contributed by atoms with van der Waals surface area (Å²) in [5.41, 5.74) is 4.81. The molecule has 0 aliphatic carbocycles. The second-order valence-electron chi connectivity index (χ2n) is 5.49. The molecule has 1 aromatic carbocycles. The number of rotatable bonds is 5. The van der Waals surface area contributed by atoms with Crippen molar-refractivity contribution in [2.75, 3.05) is 0 Å². The van der Waals surface area contributed by atoms with E-state index in [-0.39, 0.29) is 0 Å². The number of nitrogens with zero attached hydrogens (tertiary/aromatic N) is 2. The fourth-order valence-electron chi connectivity index (χ4n) is 2.09. The van der Waals surface area contributed by atoms with Gasteiger partial charge in [-0.3, -0.25) is 4.68 Å². The van der Waals surface area contributed by atoms with Crippen LogP contribution in [0.4, 0.5) is 0 Å². The van der Waals surface area contributed by atoms with Crippen LogP contribution in [0, 0.1) is 13.8 Å². The minimum atomic E-state index is 0.515. The first-order chi connectivity index (χ1) is 9.47. The summed E-state index contributed by atoms with van der Waals surface area (Å²) in [6.07, 6.45) is 0. The second-order valence-corrected chi connectivity index (χ2v) is 6.29. The van der Waals surface area contributed by atoms with Crippen molar-refractivity contribution < 1.29 is 0 Å². The molecule has 0 radical (unpaired) electrons. The molecule has 1 N–H and O–H groups in total. The molecule has 3 nitrogen and oxygen atoms in total. The molecule has 0 unspecified atom stereocenters. The summed E-state index contributed by atoms with van der Waals surface area (Å²) in [6, 6.07) is 9.25. The third-order valence-corrected chi connectivity index (χ3v) is 4.51. The van der Waals surface area contributed by atoms with Gasteiger partial charge in [0.1, 0.15) is 0 Å². The molecule has 1 heterocycles. The Hall–Kier alpha value is -1.13. The second kappa shape index (κ2) is 6.55. The Morgan fingerprint density at radius 1 is 1.15 bits per heavy atom. The van der Waals surface area contributed by atoms with E-state index < -0.39 is 0 Å². The fraction of sp³-hybridized carbons (Fsp3) is 0.438. The largest absolute Gasteiger partial charge is 0.310 e. The van der Waals surface area contributed by atoms with Crippen molar-refractivity contribution in [3.63, 3.8) is 0 Å². The molecule has 1 aromatic heterocycles. The van der Waals surface area contributed by atoms with Crippen molar-refractivity contribution in [1.29, 1.82) is 0 Å². The first kappa shape index (κ1) is 15.3. The van der Waals surface area contributed by atoms with Gasteiger partial charge in [-0.1, -0.05) is 38.1 Å². The van der Waals surface area contributed by atoms with Crippen molar-refractivity contribution in [1.82, 2.24) is 15.1 Å². The molecule has 20 heavy (non-hydrogen) atoms. The number of benzene rings is 1. The van der Waals surface area contributed by atoms with Gasteiger partial charge in [0.25, 0.3) is 0 Å². The van der Waals surface area contributed by atoms with Crippen molar-refractivity contribution >= 4 is 15.9 Å². The molecule has 2 rings (SSSR count). The van der Waals surface area contributed by atoms with Gasteiger partial charge in [-0.15, -0.1) is 0 Å². The summed E-state index contributed by atoms with van der Waals surface area (Å²) in [4.78, 5) is 0. The zero-order valence-electron chi connectivity index (χ0n) is 12.6. The summed E-state index contributed by atoms with van der Waals surface area (Å²) in [6.45, 7) is 10.2. The first-order valence-electron chi connectivity index (χ1n) is 6.98. The van der Waals surface area contributed by atoms with Gasteiger partial charge in [-0.25, -0.2) is 0 Å². The van der Waals surface area contributed by atoms with Gasteiger partial charge >= 0.3 is 0 Å². The smallest absolute Gasteiger partial charge is 0.0738 e. The summed E-state index contributed by atoms with van der Waals surface area (Å²) in [7, 11) is 0. The fourth-order valence-corrected chi connectivity index (χ4v) is 2.37. The highest BCUT2D eigenvalue weighted by molar-refractivity contribution is 9.10. The lowest BCUT2D eigenvalue weighted by atomic mass is 10.1. The van der Waals surface area contributed by atoms with E-state index in [2.05, 4.69) is 71.4 Å². The molecule has 0 saturated heterocycles. The van der Waals surface area contributed by atoms with Gasteiger partial charge in [0.2, 0.25) is 0 Å². The van der Waals surface area contributed by atoms with Gasteiger partial charge in [0.15, 0.2) is 0 Å². The van der Waals surface area contributed by atoms with Crippen LogP contribution in [0.25, 0.3) is 0 Å². The zero-order valence-corrected chi connectivity index (χ0v) is 14.2. The minimum Gasteiger partial charge on any atom is -0.310 e. The lowest BCUT2D eigenvalue weighted by Crippen LogP contribution is -2.21. The molecular weight excluding hydrogens is 314 g/mol. The number of halogens is 1. The Kier molecular flexibility index (Phi) is 5.00. The lowest BCUT2D eigenvalue weighted by molar-refractivity contribution is 0.588. The van der Waals surface area contributed by atoms with E-state index in [4.69, 9.17) is 0 Å². The molecule has 0 bridgehead atoms. The maximum atomic E-state index is 4.54. The Morgan fingerprint density at radius 3 is 2.25 bits per heavy atom. The van der Waals surface area contributed by atoms with E-state index in [1.54, 1.807) is 0 Å². The number of aromatic nitrogens is 2. The van der Waals surface area contributed by atoms with E-state index in [1.807, 2.05) is 11.6 Å². The van der Waals surface area contributed by atoms with Gasteiger partial charge in [0.05, 0.1) is 22.4 Å². The number of hydrogen-bond acceptors (Lipinski definition) is 2. The van der Waals surface area contributed by atoms with Crippen LogP contribution in [0.5, 0.6) is 0 Å².